The summed E-state index contributed by atoms with van der Waals surface area (Å²) in [5, 5.41) is 0.415. The first-order chi connectivity index (χ1) is 8.09. The van der Waals surface area contributed by atoms with Crippen LogP contribution in [-0.4, -0.2) is 10.8 Å². The highest BCUT2D eigenvalue weighted by molar-refractivity contribution is 6.34. The molecule has 2 nitrogen and oxygen atoms in total. The standard InChI is InChI=1S/C12H6Cl2FNO/c13-7-3-4-8(10(15)6-7)12(17)11-9(14)2-1-5-16-11/h1-6H. The molecule has 0 aliphatic carbocycles. The van der Waals surface area contributed by atoms with Gasteiger partial charge in [-0.1, -0.05) is 23.2 Å². The smallest absolute Gasteiger partial charge is 0.215 e. The second-order valence-corrected chi connectivity index (χ2v) is 4.13. The van der Waals surface area contributed by atoms with E-state index >= 15 is 0 Å². The summed E-state index contributed by atoms with van der Waals surface area (Å²) < 4.78 is 13.5. The lowest BCUT2D eigenvalue weighted by Gasteiger charge is -2.03. The van der Waals surface area contributed by atoms with E-state index in [-0.39, 0.29) is 21.3 Å². The van der Waals surface area contributed by atoms with Crippen molar-refractivity contribution in [2.75, 3.05) is 0 Å². The maximum atomic E-state index is 13.5. The molecule has 0 radical (unpaired) electrons. The van der Waals surface area contributed by atoms with Gasteiger partial charge < -0.3 is 0 Å². The molecule has 5 heteroatoms. The molecule has 2 rings (SSSR count). The summed E-state index contributed by atoms with van der Waals surface area (Å²) in [7, 11) is 0. The largest absolute Gasteiger partial charge is 0.287 e. The molecule has 0 unspecified atom stereocenters. The van der Waals surface area contributed by atoms with Crippen molar-refractivity contribution in [1.82, 2.24) is 4.98 Å². The molecule has 0 aliphatic rings. The molecule has 17 heavy (non-hydrogen) atoms. The fraction of sp³-hybridized carbons (Fsp3) is 0. The Hall–Kier alpha value is -1.45. The van der Waals surface area contributed by atoms with E-state index in [9.17, 15) is 9.18 Å². The Balaban J connectivity index is 2.48. The van der Waals surface area contributed by atoms with Gasteiger partial charge >= 0.3 is 0 Å². The number of aromatic nitrogens is 1. The number of rotatable bonds is 2. The quantitative estimate of drug-likeness (QED) is 0.778. The fourth-order valence-electron chi connectivity index (χ4n) is 1.35. The Labute approximate surface area is 107 Å². The molecule has 2 aromatic rings. The lowest BCUT2D eigenvalue weighted by atomic mass is 10.1. The maximum Gasteiger partial charge on any atom is 0.215 e. The van der Waals surface area contributed by atoms with Crippen LogP contribution in [0.1, 0.15) is 16.1 Å². The zero-order valence-electron chi connectivity index (χ0n) is 8.45. The van der Waals surface area contributed by atoms with Gasteiger partial charge in [-0.3, -0.25) is 9.78 Å². The van der Waals surface area contributed by atoms with Crippen LogP contribution in [-0.2, 0) is 0 Å². The number of pyridine rings is 1. The first-order valence-electron chi connectivity index (χ1n) is 4.70. The zero-order valence-corrected chi connectivity index (χ0v) is 9.97. The molecule has 0 fully saturated rings. The SMILES string of the molecule is O=C(c1ccc(Cl)cc1F)c1ncccc1Cl. The van der Waals surface area contributed by atoms with Crippen LogP contribution < -0.4 is 0 Å². The Kier molecular flexibility index (Phi) is 3.41. The van der Waals surface area contributed by atoms with Gasteiger partial charge in [-0.2, -0.15) is 0 Å². The van der Waals surface area contributed by atoms with Crippen molar-refractivity contribution >= 4 is 29.0 Å². The predicted molar refractivity (Wildman–Crippen MR) is 64.1 cm³/mol. The third kappa shape index (κ3) is 2.46. The van der Waals surface area contributed by atoms with Crippen molar-refractivity contribution in [3.63, 3.8) is 0 Å². The molecule has 0 N–H and O–H groups in total. The highest BCUT2D eigenvalue weighted by Gasteiger charge is 2.17. The summed E-state index contributed by atoms with van der Waals surface area (Å²) >= 11 is 11.4. The van der Waals surface area contributed by atoms with E-state index in [1.807, 2.05) is 0 Å². The topological polar surface area (TPSA) is 30.0 Å². The molecule has 0 saturated carbocycles. The predicted octanol–water partition coefficient (Wildman–Crippen LogP) is 3.76. The van der Waals surface area contributed by atoms with E-state index in [1.165, 1.54) is 24.4 Å². The second kappa shape index (κ2) is 4.82. The van der Waals surface area contributed by atoms with Crippen molar-refractivity contribution in [2.24, 2.45) is 0 Å². The van der Waals surface area contributed by atoms with Crippen LogP contribution in [0.4, 0.5) is 4.39 Å². The Morgan fingerprint density at radius 2 is 2.00 bits per heavy atom. The summed E-state index contributed by atoms with van der Waals surface area (Å²) in [5.41, 5.74) is -0.0783. The third-order valence-corrected chi connectivity index (χ3v) is 2.69. The first-order valence-corrected chi connectivity index (χ1v) is 5.45. The van der Waals surface area contributed by atoms with Crippen LogP contribution in [0.2, 0.25) is 10.0 Å². The highest BCUT2D eigenvalue weighted by Crippen LogP contribution is 2.20. The number of benzene rings is 1. The lowest BCUT2D eigenvalue weighted by Crippen LogP contribution is -2.07. The molecule has 0 amide bonds. The van der Waals surface area contributed by atoms with Crippen molar-refractivity contribution in [1.29, 1.82) is 0 Å². The molecule has 0 spiro atoms. The van der Waals surface area contributed by atoms with Gasteiger partial charge in [-0.25, -0.2) is 4.39 Å². The van der Waals surface area contributed by atoms with Gasteiger partial charge in [-0.05, 0) is 30.3 Å². The van der Waals surface area contributed by atoms with Crippen molar-refractivity contribution in [3.8, 4) is 0 Å². The summed E-state index contributed by atoms with van der Waals surface area (Å²) in [5.74, 6) is -1.26. The molecule has 86 valence electrons. The van der Waals surface area contributed by atoms with Crippen molar-refractivity contribution in [3.05, 3.63) is 63.6 Å². The van der Waals surface area contributed by atoms with Gasteiger partial charge in [0.15, 0.2) is 0 Å². The van der Waals surface area contributed by atoms with Crippen LogP contribution >= 0.6 is 23.2 Å². The molecule has 0 aliphatic heterocycles. The van der Waals surface area contributed by atoms with Crippen LogP contribution in [0.15, 0.2) is 36.5 Å². The summed E-state index contributed by atoms with van der Waals surface area (Å²) in [6.07, 6.45) is 1.42. The Morgan fingerprint density at radius 3 is 2.65 bits per heavy atom. The van der Waals surface area contributed by atoms with E-state index < -0.39 is 11.6 Å². The number of carbonyl (C=O) groups is 1. The molecular weight excluding hydrogens is 264 g/mol. The molecule has 0 atom stereocenters. The Bertz CT molecular complexity index is 586. The third-order valence-electron chi connectivity index (χ3n) is 2.15. The van der Waals surface area contributed by atoms with Gasteiger partial charge in [0.05, 0.1) is 10.6 Å². The normalized spacial score (nSPS) is 10.3. The average molecular weight is 270 g/mol. The van der Waals surface area contributed by atoms with Gasteiger partial charge in [0.1, 0.15) is 11.5 Å². The number of hydrogen-bond acceptors (Lipinski definition) is 2. The molecule has 0 bridgehead atoms. The molecule has 1 heterocycles. The molecular formula is C12H6Cl2FNO. The van der Waals surface area contributed by atoms with Crippen LogP contribution in [0.5, 0.6) is 0 Å². The Morgan fingerprint density at radius 1 is 1.24 bits per heavy atom. The minimum absolute atomic E-state index is 0.0235. The van der Waals surface area contributed by atoms with E-state index in [0.717, 1.165) is 6.07 Å². The van der Waals surface area contributed by atoms with Crippen LogP contribution in [0, 0.1) is 5.82 Å². The number of hydrogen-bond donors (Lipinski definition) is 0. The first kappa shape index (κ1) is 12.0. The van der Waals surface area contributed by atoms with Crippen molar-refractivity contribution < 1.29 is 9.18 Å². The van der Waals surface area contributed by atoms with E-state index in [2.05, 4.69) is 4.98 Å². The summed E-state index contributed by atoms with van der Waals surface area (Å²) in [4.78, 5) is 15.8. The van der Waals surface area contributed by atoms with E-state index in [1.54, 1.807) is 6.07 Å². The number of nitrogens with zero attached hydrogens (tertiary/aromatic N) is 1. The van der Waals surface area contributed by atoms with Crippen molar-refractivity contribution in [2.45, 2.75) is 0 Å². The minimum atomic E-state index is -0.691. The second-order valence-electron chi connectivity index (χ2n) is 3.29. The fourth-order valence-corrected chi connectivity index (χ4v) is 1.72. The van der Waals surface area contributed by atoms with Crippen LogP contribution in [0.3, 0.4) is 0 Å². The monoisotopic (exact) mass is 269 g/mol. The lowest BCUT2D eigenvalue weighted by molar-refractivity contribution is 0.103. The molecule has 1 aromatic carbocycles. The van der Waals surface area contributed by atoms with Gasteiger partial charge in [-0.15, -0.1) is 0 Å². The molecule has 0 saturated heterocycles. The van der Waals surface area contributed by atoms with E-state index in [4.69, 9.17) is 23.2 Å². The van der Waals surface area contributed by atoms with E-state index in [0.29, 0.717) is 0 Å². The number of halogens is 3. The van der Waals surface area contributed by atoms with Gasteiger partial charge in [0.25, 0.3) is 0 Å². The van der Waals surface area contributed by atoms with Gasteiger partial charge in [0, 0.05) is 11.2 Å². The average Bonchev–Trinajstić information content (AvgIpc) is 2.29. The summed E-state index contributed by atoms with van der Waals surface area (Å²) in [6, 6.07) is 6.94. The minimum Gasteiger partial charge on any atom is -0.287 e. The van der Waals surface area contributed by atoms with Crippen LogP contribution in [0.25, 0.3) is 0 Å². The number of carbonyl (C=O) groups excluding carboxylic acids is 1. The highest BCUT2D eigenvalue weighted by atomic mass is 35.5. The maximum absolute atomic E-state index is 13.5. The van der Waals surface area contributed by atoms with Gasteiger partial charge in [0.2, 0.25) is 5.78 Å². The zero-order chi connectivity index (χ0) is 12.4. The number of ketones is 1. The summed E-state index contributed by atoms with van der Waals surface area (Å²) in [6.45, 7) is 0. The molecule has 1 aromatic heterocycles.